The maximum Gasteiger partial charge on any atom is 0.0408 e. The van der Waals surface area contributed by atoms with Crippen LogP contribution in [0.2, 0.25) is 5.02 Å². The Labute approximate surface area is 115 Å². The summed E-state index contributed by atoms with van der Waals surface area (Å²) in [5, 5.41) is 4.41. The van der Waals surface area contributed by atoms with Crippen LogP contribution in [0.25, 0.3) is 0 Å². The fourth-order valence-corrected chi connectivity index (χ4v) is 4.38. The van der Waals surface area contributed by atoms with Gasteiger partial charge < -0.3 is 5.32 Å². The van der Waals surface area contributed by atoms with Gasteiger partial charge in [-0.05, 0) is 68.2 Å². The molecule has 18 heavy (non-hydrogen) atoms. The van der Waals surface area contributed by atoms with Crippen LogP contribution in [-0.2, 0) is 6.42 Å². The topological polar surface area (TPSA) is 12.0 Å². The van der Waals surface area contributed by atoms with Crippen molar-refractivity contribution in [3.8, 4) is 0 Å². The lowest BCUT2D eigenvalue weighted by molar-refractivity contribution is 0.255. The minimum absolute atomic E-state index is 0.624. The van der Waals surface area contributed by atoms with Gasteiger partial charge in [-0.2, -0.15) is 0 Å². The quantitative estimate of drug-likeness (QED) is 0.869. The third-order valence-electron chi connectivity index (χ3n) is 5.03. The summed E-state index contributed by atoms with van der Waals surface area (Å²) in [5.74, 6) is 2.88. The summed E-state index contributed by atoms with van der Waals surface area (Å²) in [7, 11) is 2.11. The number of rotatable bonds is 4. The molecule has 1 aromatic rings. The van der Waals surface area contributed by atoms with Crippen LogP contribution in [0.1, 0.15) is 31.2 Å². The second-order valence-electron chi connectivity index (χ2n) is 6.07. The Hall–Kier alpha value is -0.530. The average molecular weight is 264 g/mol. The predicted molar refractivity (Wildman–Crippen MR) is 76.9 cm³/mol. The number of likely N-dealkylation sites (N-methyl/N-ethyl adjacent to an activating group) is 1. The minimum Gasteiger partial charge on any atom is -0.316 e. The number of fused-ring (bicyclic) bond motifs is 2. The van der Waals surface area contributed by atoms with Crippen molar-refractivity contribution in [2.24, 2.45) is 17.8 Å². The smallest absolute Gasteiger partial charge is 0.0408 e. The Morgan fingerprint density at radius 3 is 2.83 bits per heavy atom. The predicted octanol–water partition coefficient (Wildman–Crippen LogP) is 3.91. The van der Waals surface area contributed by atoms with Crippen molar-refractivity contribution in [3.63, 3.8) is 0 Å². The van der Waals surface area contributed by atoms with Gasteiger partial charge in [0.1, 0.15) is 0 Å². The van der Waals surface area contributed by atoms with Gasteiger partial charge in [-0.3, -0.25) is 0 Å². The van der Waals surface area contributed by atoms with Crippen LogP contribution in [0.4, 0.5) is 0 Å². The van der Waals surface area contributed by atoms with Crippen LogP contribution < -0.4 is 5.32 Å². The summed E-state index contributed by atoms with van der Waals surface area (Å²) in [4.78, 5) is 0. The lowest BCUT2D eigenvalue weighted by Crippen LogP contribution is -2.38. The van der Waals surface area contributed by atoms with Crippen LogP contribution in [0.3, 0.4) is 0 Å². The maximum absolute atomic E-state index is 6.07. The second-order valence-corrected chi connectivity index (χ2v) is 6.50. The second kappa shape index (κ2) is 5.22. The molecule has 2 aliphatic carbocycles. The molecule has 0 amide bonds. The molecular formula is C16H22ClN. The molecule has 98 valence electrons. The Bertz CT molecular complexity index is 417. The van der Waals surface area contributed by atoms with E-state index >= 15 is 0 Å². The third-order valence-corrected chi connectivity index (χ3v) is 5.26. The molecule has 1 N–H and O–H groups in total. The molecular weight excluding hydrogens is 242 g/mol. The molecule has 0 aromatic heterocycles. The van der Waals surface area contributed by atoms with Crippen LogP contribution in [0.15, 0.2) is 24.3 Å². The van der Waals surface area contributed by atoms with E-state index in [1.165, 1.54) is 31.2 Å². The monoisotopic (exact) mass is 263 g/mol. The van der Waals surface area contributed by atoms with Crippen molar-refractivity contribution in [2.75, 3.05) is 7.05 Å². The first-order valence-electron chi connectivity index (χ1n) is 7.18. The summed E-state index contributed by atoms with van der Waals surface area (Å²) in [6, 6.07) is 8.95. The Kier molecular flexibility index (Phi) is 3.63. The highest BCUT2D eigenvalue weighted by molar-refractivity contribution is 6.30. The van der Waals surface area contributed by atoms with Gasteiger partial charge in [0.05, 0.1) is 0 Å². The highest BCUT2D eigenvalue weighted by Gasteiger charge is 2.42. The van der Waals surface area contributed by atoms with Gasteiger partial charge in [-0.1, -0.05) is 30.2 Å². The van der Waals surface area contributed by atoms with Crippen molar-refractivity contribution in [2.45, 2.75) is 38.1 Å². The fraction of sp³-hybridized carbons (Fsp3) is 0.625. The van der Waals surface area contributed by atoms with E-state index in [2.05, 4.69) is 30.6 Å². The zero-order valence-corrected chi connectivity index (χ0v) is 11.8. The van der Waals surface area contributed by atoms with Crippen LogP contribution in [0, 0.1) is 17.8 Å². The summed E-state index contributed by atoms with van der Waals surface area (Å²) >= 11 is 6.07. The molecule has 0 saturated heterocycles. The normalized spacial score (nSPS) is 31.8. The molecule has 2 bridgehead atoms. The summed E-state index contributed by atoms with van der Waals surface area (Å²) in [6.07, 6.45) is 6.98. The Morgan fingerprint density at radius 1 is 1.33 bits per heavy atom. The Balaban J connectivity index is 1.69. The van der Waals surface area contributed by atoms with E-state index in [1.807, 2.05) is 6.07 Å². The van der Waals surface area contributed by atoms with E-state index in [4.69, 9.17) is 11.6 Å². The summed E-state index contributed by atoms with van der Waals surface area (Å²) in [5.41, 5.74) is 1.37. The molecule has 2 aliphatic rings. The van der Waals surface area contributed by atoms with E-state index in [0.29, 0.717) is 6.04 Å². The minimum atomic E-state index is 0.624. The molecule has 0 radical (unpaired) electrons. The summed E-state index contributed by atoms with van der Waals surface area (Å²) < 4.78 is 0. The number of halogens is 1. The Morgan fingerprint density at radius 2 is 2.22 bits per heavy atom. The molecule has 2 fully saturated rings. The molecule has 1 nitrogen and oxygen atoms in total. The van der Waals surface area contributed by atoms with Gasteiger partial charge in [0.2, 0.25) is 0 Å². The fourth-order valence-electron chi connectivity index (χ4n) is 4.17. The van der Waals surface area contributed by atoms with Gasteiger partial charge in [-0.15, -0.1) is 0 Å². The summed E-state index contributed by atoms with van der Waals surface area (Å²) in [6.45, 7) is 0. The molecule has 0 spiro atoms. The van der Waals surface area contributed by atoms with Crippen molar-refractivity contribution >= 4 is 11.6 Å². The van der Waals surface area contributed by atoms with E-state index in [1.54, 1.807) is 0 Å². The van der Waals surface area contributed by atoms with E-state index in [-0.39, 0.29) is 0 Å². The maximum atomic E-state index is 6.07. The van der Waals surface area contributed by atoms with E-state index in [0.717, 1.165) is 29.2 Å². The van der Waals surface area contributed by atoms with E-state index in [9.17, 15) is 0 Å². The molecule has 4 unspecified atom stereocenters. The van der Waals surface area contributed by atoms with Crippen LogP contribution >= 0.6 is 11.6 Å². The first-order valence-corrected chi connectivity index (χ1v) is 7.55. The average Bonchev–Trinajstić information content (AvgIpc) is 2.98. The van der Waals surface area contributed by atoms with Crippen molar-refractivity contribution in [3.05, 3.63) is 34.9 Å². The highest BCUT2D eigenvalue weighted by Crippen LogP contribution is 2.49. The van der Waals surface area contributed by atoms with E-state index < -0.39 is 0 Å². The molecule has 3 rings (SSSR count). The number of hydrogen-bond acceptors (Lipinski definition) is 1. The lowest BCUT2D eigenvalue weighted by atomic mass is 9.81. The first-order chi connectivity index (χ1) is 8.76. The zero-order valence-electron chi connectivity index (χ0n) is 11.0. The largest absolute Gasteiger partial charge is 0.316 e. The standard InChI is InChI=1S/C16H22ClN/c1-18-16(10-11-3-2-4-14(17)8-11)15-9-12-5-6-13(15)7-12/h2-4,8,12-13,15-16,18H,5-7,9-10H2,1H3. The van der Waals surface area contributed by atoms with Crippen molar-refractivity contribution in [1.82, 2.24) is 5.32 Å². The number of hydrogen-bond donors (Lipinski definition) is 1. The molecule has 4 atom stereocenters. The van der Waals surface area contributed by atoms with Crippen molar-refractivity contribution in [1.29, 1.82) is 0 Å². The van der Waals surface area contributed by atoms with Crippen molar-refractivity contribution < 1.29 is 0 Å². The van der Waals surface area contributed by atoms with Gasteiger partial charge in [-0.25, -0.2) is 0 Å². The SMILES string of the molecule is CNC(Cc1cccc(Cl)c1)C1CC2CCC1C2. The molecule has 0 heterocycles. The highest BCUT2D eigenvalue weighted by atomic mass is 35.5. The molecule has 1 aromatic carbocycles. The first kappa shape index (κ1) is 12.5. The molecule has 2 saturated carbocycles. The van der Waals surface area contributed by atoms with Crippen LogP contribution in [0.5, 0.6) is 0 Å². The molecule has 2 heteroatoms. The van der Waals surface area contributed by atoms with Gasteiger partial charge in [0, 0.05) is 11.1 Å². The van der Waals surface area contributed by atoms with Gasteiger partial charge in [0.15, 0.2) is 0 Å². The number of nitrogens with one attached hydrogen (secondary N) is 1. The zero-order chi connectivity index (χ0) is 12.5. The van der Waals surface area contributed by atoms with Gasteiger partial charge in [0.25, 0.3) is 0 Å². The van der Waals surface area contributed by atoms with Crippen LogP contribution in [-0.4, -0.2) is 13.1 Å². The number of benzene rings is 1. The molecule has 0 aliphatic heterocycles. The lowest BCUT2D eigenvalue weighted by Gasteiger charge is -2.30. The van der Waals surface area contributed by atoms with Gasteiger partial charge >= 0.3 is 0 Å². The third kappa shape index (κ3) is 2.44.